The molecule has 116 valence electrons. The third-order valence-corrected chi connectivity index (χ3v) is 4.52. The van der Waals surface area contributed by atoms with E-state index in [0.29, 0.717) is 5.69 Å². The highest BCUT2D eigenvalue weighted by molar-refractivity contribution is 5.95. The minimum Gasteiger partial charge on any atom is -0.494 e. The van der Waals surface area contributed by atoms with Gasteiger partial charge in [-0.05, 0) is 49.9 Å². The molecule has 1 aromatic rings. The van der Waals surface area contributed by atoms with Gasteiger partial charge in [0.1, 0.15) is 0 Å². The van der Waals surface area contributed by atoms with Crippen LogP contribution in [0.4, 0.5) is 10.1 Å². The summed E-state index contributed by atoms with van der Waals surface area (Å²) in [5.41, 5.74) is 0.685. The van der Waals surface area contributed by atoms with Crippen molar-refractivity contribution in [3.05, 3.63) is 24.0 Å². The van der Waals surface area contributed by atoms with Gasteiger partial charge in [0.05, 0.1) is 7.11 Å². The van der Waals surface area contributed by atoms with Crippen LogP contribution in [0.2, 0.25) is 0 Å². The summed E-state index contributed by atoms with van der Waals surface area (Å²) in [4.78, 5) is 12.2. The van der Waals surface area contributed by atoms with Gasteiger partial charge in [-0.25, -0.2) is 4.39 Å². The number of nitrogens with one attached hydrogen (secondary N) is 2. The lowest BCUT2D eigenvalue weighted by Crippen LogP contribution is -2.31. The Balaban J connectivity index is 0.00000161. The number of rotatable bonds is 3. The summed E-state index contributed by atoms with van der Waals surface area (Å²) in [5.74, 6) is -0.187. The van der Waals surface area contributed by atoms with E-state index in [4.69, 9.17) is 4.74 Å². The predicted octanol–water partition coefficient (Wildman–Crippen LogP) is 2.58. The van der Waals surface area contributed by atoms with Crippen molar-refractivity contribution < 1.29 is 13.9 Å². The van der Waals surface area contributed by atoms with Crippen LogP contribution in [0.25, 0.3) is 0 Å². The van der Waals surface area contributed by atoms with E-state index in [1.54, 1.807) is 6.07 Å². The zero-order valence-corrected chi connectivity index (χ0v) is 12.8. The molecule has 0 aromatic heterocycles. The summed E-state index contributed by atoms with van der Waals surface area (Å²) in [6.07, 6.45) is 3.07. The fourth-order valence-electron chi connectivity index (χ4n) is 3.17. The Morgan fingerprint density at radius 2 is 2.14 bits per heavy atom. The second-order valence-corrected chi connectivity index (χ2v) is 5.71. The van der Waals surface area contributed by atoms with E-state index in [0.717, 1.165) is 32.4 Å². The molecular weight excluding hydrogens is 295 g/mol. The summed E-state index contributed by atoms with van der Waals surface area (Å²) in [6.45, 7) is 1.97. The minimum absolute atomic E-state index is 0. The average molecular weight is 315 g/mol. The molecule has 1 aliphatic carbocycles. The molecule has 21 heavy (non-hydrogen) atoms. The average Bonchev–Trinajstić information content (AvgIpc) is 3.13. The molecule has 1 spiro atoms. The zero-order chi connectivity index (χ0) is 14.2. The second-order valence-electron chi connectivity index (χ2n) is 5.71. The van der Waals surface area contributed by atoms with Crippen LogP contribution in [0.3, 0.4) is 0 Å². The molecule has 1 saturated heterocycles. The Morgan fingerprint density at radius 3 is 2.76 bits per heavy atom. The molecule has 1 amide bonds. The first kappa shape index (κ1) is 16.0. The number of carbonyl (C=O) groups is 1. The SMILES string of the molecule is COc1ccc(NC(=O)C2CC23CCNCC3)cc1F.Cl. The van der Waals surface area contributed by atoms with E-state index >= 15 is 0 Å². The maximum Gasteiger partial charge on any atom is 0.228 e. The van der Waals surface area contributed by atoms with E-state index in [1.807, 2.05) is 0 Å². The van der Waals surface area contributed by atoms with E-state index in [1.165, 1.54) is 19.2 Å². The maximum atomic E-state index is 13.6. The highest BCUT2D eigenvalue weighted by Gasteiger charge is 2.57. The molecule has 1 aromatic carbocycles. The standard InChI is InChI=1S/C15H19FN2O2.ClH/c1-20-13-3-2-10(8-12(13)16)18-14(19)11-9-15(11)4-6-17-7-5-15;/h2-3,8,11,17H,4-7,9H2,1H3,(H,18,19);1H. The number of halogens is 2. The number of methoxy groups -OCH3 is 1. The Kier molecular flexibility index (Phi) is 4.74. The molecule has 1 heterocycles. The summed E-state index contributed by atoms with van der Waals surface area (Å²) in [7, 11) is 1.42. The summed E-state index contributed by atoms with van der Waals surface area (Å²) >= 11 is 0. The minimum atomic E-state index is -0.460. The van der Waals surface area contributed by atoms with Crippen LogP contribution in [-0.2, 0) is 4.79 Å². The first-order chi connectivity index (χ1) is 9.64. The number of piperidine rings is 1. The second kappa shape index (κ2) is 6.20. The van der Waals surface area contributed by atoms with Crippen LogP contribution >= 0.6 is 12.4 Å². The van der Waals surface area contributed by atoms with Crippen molar-refractivity contribution in [1.82, 2.24) is 5.32 Å². The smallest absolute Gasteiger partial charge is 0.228 e. The molecule has 2 fully saturated rings. The van der Waals surface area contributed by atoms with Gasteiger partial charge in [0.15, 0.2) is 11.6 Å². The maximum absolute atomic E-state index is 13.6. The molecule has 1 aliphatic heterocycles. The number of hydrogen-bond donors (Lipinski definition) is 2. The zero-order valence-electron chi connectivity index (χ0n) is 11.9. The number of anilines is 1. The number of amides is 1. The molecule has 0 bridgehead atoms. The fraction of sp³-hybridized carbons (Fsp3) is 0.533. The van der Waals surface area contributed by atoms with Crippen molar-refractivity contribution in [3.63, 3.8) is 0 Å². The summed E-state index contributed by atoms with van der Waals surface area (Å²) < 4.78 is 18.4. The Labute approximate surface area is 129 Å². The normalized spacial score (nSPS) is 22.3. The van der Waals surface area contributed by atoms with Crippen molar-refractivity contribution in [2.45, 2.75) is 19.3 Å². The van der Waals surface area contributed by atoms with Crippen molar-refractivity contribution in [3.8, 4) is 5.75 Å². The van der Waals surface area contributed by atoms with E-state index < -0.39 is 5.82 Å². The van der Waals surface area contributed by atoms with E-state index in [2.05, 4.69) is 10.6 Å². The van der Waals surface area contributed by atoms with Crippen molar-refractivity contribution >= 4 is 24.0 Å². The molecule has 2 N–H and O–H groups in total. The quantitative estimate of drug-likeness (QED) is 0.901. The Morgan fingerprint density at radius 1 is 1.43 bits per heavy atom. The first-order valence-electron chi connectivity index (χ1n) is 7.00. The van der Waals surface area contributed by atoms with E-state index in [-0.39, 0.29) is 35.4 Å². The van der Waals surface area contributed by atoms with Gasteiger partial charge in [0.25, 0.3) is 0 Å². The number of ether oxygens (including phenoxy) is 1. The van der Waals surface area contributed by atoms with Crippen LogP contribution in [0.1, 0.15) is 19.3 Å². The van der Waals surface area contributed by atoms with Gasteiger partial charge < -0.3 is 15.4 Å². The van der Waals surface area contributed by atoms with Crippen molar-refractivity contribution in [2.75, 3.05) is 25.5 Å². The van der Waals surface area contributed by atoms with Gasteiger partial charge in [-0.2, -0.15) is 0 Å². The Hall–Kier alpha value is -1.33. The van der Waals surface area contributed by atoms with Crippen LogP contribution in [0.5, 0.6) is 5.75 Å². The fourth-order valence-corrected chi connectivity index (χ4v) is 3.17. The molecule has 2 aliphatic rings. The monoisotopic (exact) mass is 314 g/mol. The largest absolute Gasteiger partial charge is 0.494 e. The molecule has 1 unspecified atom stereocenters. The first-order valence-corrected chi connectivity index (χ1v) is 7.00. The van der Waals surface area contributed by atoms with Crippen LogP contribution < -0.4 is 15.4 Å². The third-order valence-electron chi connectivity index (χ3n) is 4.52. The van der Waals surface area contributed by atoms with E-state index in [9.17, 15) is 9.18 Å². The number of benzene rings is 1. The van der Waals surface area contributed by atoms with Crippen LogP contribution in [0.15, 0.2) is 18.2 Å². The topological polar surface area (TPSA) is 50.4 Å². The van der Waals surface area contributed by atoms with Gasteiger partial charge in [-0.3, -0.25) is 4.79 Å². The molecule has 1 atom stereocenters. The third kappa shape index (κ3) is 3.14. The van der Waals surface area contributed by atoms with Gasteiger partial charge in [-0.15, -0.1) is 12.4 Å². The summed E-state index contributed by atoms with van der Waals surface area (Å²) in [5, 5.41) is 6.13. The molecule has 6 heteroatoms. The van der Waals surface area contributed by atoms with Gasteiger partial charge >= 0.3 is 0 Å². The van der Waals surface area contributed by atoms with Gasteiger partial charge in [0, 0.05) is 17.7 Å². The number of hydrogen-bond acceptors (Lipinski definition) is 3. The summed E-state index contributed by atoms with van der Waals surface area (Å²) in [6, 6.07) is 4.49. The lowest BCUT2D eigenvalue weighted by Gasteiger charge is -2.23. The van der Waals surface area contributed by atoms with Crippen molar-refractivity contribution in [1.29, 1.82) is 0 Å². The number of carbonyl (C=O) groups excluding carboxylic acids is 1. The molecular formula is C15H20ClFN2O2. The van der Waals surface area contributed by atoms with Crippen molar-refractivity contribution in [2.24, 2.45) is 11.3 Å². The highest BCUT2D eigenvalue weighted by atomic mass is 35.5. The lowest BCUT2D eigenvalue weighted by molar-refractivity contribution is -0.118. The lowest BCUT2D eigenvalue weighted by atomic mass is 9.92. The molecule has 0 radical (unpaired) electrons. The van der Waals surface area contributed by atoms with Crippen LogP contribution in [0, 0.1) is 17.2 Å². The predicted molar refractivity (Wildman–Crippen MR) is 81.5 cm³/mol. The Bertz CT molecular complexity index is 532. The van der Waals surface area contributed by atoms with Crippen LogP contribution in [-0.4, -0.2) is 26.1 Å². The molecule has 4 nitrogen and oxygen atoms in total. The molecule has 1 saturated carbocycles. The van der Waals surface area contributed by atoms with Gasteiger partial charge in [0.2, 0.25) is 5.91 Å². The highest BCUT2D eigenvalue weighted by Crippen LogP contribution is 2.58. The molecule has 3 rings (SSSR count). The van der Waals surface area contributed by atoms with Gasteiger partial charge in [-0.1, -0.05) is 0 Å².